The predicted octanol–water partition coefficient (Wildman–Crippen LogP) is 3.16. The van der Waals surface area contributed by atoms with Crippen LogP contribution in [0.1, 0.15) is 52.9 Å². The Morgan fingerprint density at radius 3 is 2.80 bits per heavy atom. The van der Waals surface area contributed by atoms with Gasteiger partial charge in [-0.2, -0.15) is 0 Å². The molecule has 4 aliphatic carbocycles. The minimum atomic E-state index is -0.231. The lowest BCUT2D eigenvalue weighted by Gasteiger charge is -2.55. The quantitative estimate of drug-likeness (QED) is 0.586. The molecule has 0 saturated heterocycles. The Hall–Kier alpha value is -1.42. The number of carbonyl (C=O) groups is 2. The van der Waals surface area contributed by atoms with E-state index < -0.39 is 0 Å². The fourth-order valence-corrected chi connectivity index (χ4v) is 6.46. The number of fused-ring (bicyclic) bond motifs is 5. The van der Waals surface area contributed by atoms with Crippen LogP contribution in [0.2, 0.25) is 0 Å². The molecule has 25 heavy (non-hydrogen) atoms. The highest BCUT2D eigenvalue weighted by Crippen LogP contribution is 2.63. The zero-order valence-electron chi connectivity index (χ0n) is 15.5. The Labute approximate surface area is 149 Å². The standard InChI is InChI=1S/C21H29NO3/c1-12(23)25-18-11-17-15-5-4-13-10-14(24)6-8-20(13,2)16(15)7-9-21(17,3)19(18)22/h4,6,8,15-19H,5,7,9-11,22H2,1-3H3/t15-,16+,17+,18-,19+,20+,21+/m1/s1. The van der Waals surface area contributed by atoms with E-state index in [0.29, 0.717) is 24.2 Å². The van der Waals surface area contributed by atoms with Gasteiger partial charge in [0.05, 0.1) is 0 Å². The van der Waals surface area contributed by atoms with Gasteiger partial charge in [0.25, 0.3) is 0 Å². The summed E-state index contributed by atoms with van der Waals surface area (Å²) in [5.74, 6) is 1.58. The normalized spacial score (nSPS) is 48.2. The van der Waals surface area contributed by atoms with Crippen LogP contribution >= 0.6 is 0 Å². The van der Waals surface area contributed by atoms with Crippen LogP contribution in [0.15, 0.2) is 23.8 Å². The van der Waals surface area contributed by atoms with E-state index in [9.17, 15) is 9.59 Å². The van der Waals surface area contributed by atoms with Crippen molar-refractivity contribution in [2.24, 2.45) is 34.3 Å². The van der Waals surface area contributed by atoms with E-state index in [0.717, 1.165) is 25.7 Å². The van der Waals surface area contributed by atoms with Crippen LogP contribution in [0.4, 0.5) is 0 Å². The first-order valence-corrected chi connectivity index (χ1v) is 9.60. The summed E-state index contributed by atoms with van der Waals surface area (Å²) >= 11 is 0. The molecule has 4 heteroatoms. The summed E-state index contributed by atoms with van der Waals surface area (Å²) in [5, 5.41) is 0. The van der Waals surface area contributed by atoms with Crippen molar-refractivity contribution >= 4 is 11.8 Å². The second-order valence-corrected chi connectivity index (χ2v) is 9.05. The summed E-state index contributed by atoms with van der Waals surface area (Å²) in [6.07, 6.45) is 10.8. The van der Waals surface area contributed by atoms with Gasteiger partial charge in [0, 0.05) is 24.8 Å². The van der Waals surface area contributed by atoms with Crippen molar-refractivity contribution in [2.75, 3.05) is 0 Å². The van der Waals surface area contributed by atoms with E-state index in [1.165, 1.54) is 12.5 Å². The molecule has 0 unspecified atom stereocenters. The highest BCUT2D eigenvalue weighted by Gasteiger charge is 2.60. The number of ether oxygens (including phenoxy) is 1. The van der Waals surface area contributed by atoms with E-state index >= 15 is 0 Å². The van der Waals surface area contributed by atoms with Gasteiger partial charge < -0.3 is 10.5 Å². The number of esters is 1. The Balaban J connectivity index is 1.66. The summed E-state index contributed by atoms with van der Waals surface area (Å²) in [7, 11) is 0. The molecule has 0 amide bonds. The fraction of sp³-hybridized carbons (Fsp3) is 0.714. The molecule has 4 nitrogen and oxygen atoms in total. The van der Waals surface area contributed by atoms with Crippen LogP contribution in [0.25, 0.3) is 0 Å². The molecule has 0 bridgehead atoms. The summed E-state index contributed by atoms with van der Waals surface area (Å²) < 4.78 is 5.57. The van der Waals surface area contributed by atoms with Gasteiger partial charge in [-0.3, -0.25) is 9.59 Å². The third kappa shape index (κ3) is 2.37. The van der Waals surface area contributed by atoms with Gasteiger partial charge in [0.2, 0.25) is 0 Å². The molecule has 0 aromatic rings. The summed E-state index contributed by atoms with van der Waals surface area (Å²) in [6.45, 7) is 6.07. The average molecular weight is 343 g/mol. The zero-order chi connectivity index (χ0) is 18.0. The first-order valence-electron chi connectivity index (χ1n) is 9.60. The molecular weight excluding hydrogens is 314 g/mol. The molecule has 4 rings (SSSR count). The highest BCUT2D eigenvalue weighted by molar-refractivity contribution is 5.93. The van der Waals surface area contributed by atoms with Crippen molar-refractivity contribution in [2.45, 2.75) is 65.0 Å². The van der Waals surface area contributed by atoms with E-state index in [4.69, 9.17) is 10.5 Å². The van der Waals surface area contributed by atoms with Gasteiger partial charge in [-0.05, 0) is 54.9 Å². The van der Waals surface area contributed by atoms with Crippen molar-refractivity contribution in [1.82, 2.24) is 0 Å². The highest BCUT2D eigenvalue weighted by atomic mass is 16.5. The van der Waals surface area contributed by atoms with Crippen molar-refractivity contribution in [3.63, 3.8) is 0 Å². The van der Waals surface area contributed by atoms with E-state index in [-0.39, 0.29) is 34.7 Å². The largest absolute Gasteiger partial charge is 0.461 e. The number of hydrogen-bond donors (Lipinski definition) is 1. The molecule has 2 fully saturated rings. The lowest BCUT2D eigenvalue weighted by molar-refractivity contribution is -0.147. The maximum absolute atomic E-state index is 11.8. The molecule has 2 N–H and O–H groups in total. The van der Waals surface area contributed by atoms with Crippen molar-refractivity contribution in [3.8, 4) is 0 Å². The van der Waals surface area contributed by atoms with Crippen LogP contribution in [-0.4, -0.2) is 23.9 Å². The smallest absolute Gasteiger partial charge is 0.302 e. The molecule has 4 aliphatic rings. The summed E-state index contributed by atoms with van der Waals surface area (Å²) in [5.41, 5.74) is 7.92. The summed E-state index contributed by atoms with van der Waals surface area (Å²) in [4.78, 5) is 23.3. The maximum Gasteiger partial charge on any atom is 0.302 e. The van der Waals surface area contributed by atoms with E-state index in [1.54, 1.807) is 6.08 Å². The van der Waals surface area contributed by atoms with Crippen LogP contribution in [0.3, 0.4) is 0 Å². The number of allylic oxidation sites excluding steroid dienone is 4. The Bertz CT molecular complexity index is 681. The molecule has 136 valence electrons. The van der Waals surface area contributed by atoms with Crippen LogP contribution in [0.5, 0.6) is 0 Å². The molecule has 0 aliphatic heterocycles. The third-order valence-electron chi connectivity index (χ3n) is 7.92. The first kappa shape index (κ1) is 17.0. The average Bonchev–Trinajstić information content (AvgIpc) is 2.79. The Morgan fingerprint density at radius 2 is 2.08 bits per heavy atom. The topological polar surface area (TPSA) is 69.4 Å². The number of hydrogen-bond acceptors (Lipinski definition) is 4. The molecule has 2 saturated carbocycles. The van der Waals surface area contributed by atoms with E-state index in [1.807, 2.05) is 0 Å². The lowest BCUT2D eigenvalue weighted by atomic mass is 9.49. The Kier molecular flexibility index (Phi) is 3.77. The van der Waals surface area contributed by atoms with Crippen molar-refractivity contribution in [1.29, 1.82) is 0 Å². The third-order valence-corrected chi connectivity index (χ3v) is 7.92. The van der Waals surface area contributed by atoms with Gasteiger partial charge in [-0.1, -0.05) is 31.6 Å². The monoisotopic (exact) mass is 343 g/mol. The Morgan fingerprint density at radius 1 is 1.32 bits per heavy atom. The van der Waals surface area contributed by atoms with Crippen molar-refractivity contribution in [3.05, 3.63) is 23.8 Å². The van der Waals surface area contributed by atoms with E-state index in [2.05, 4.69) is 26.0 Å². The molecule has 7 atom stereocenters. The van der Waals surface area contributed by atoms with Gasteiger partial charge >= 0.3 is 5.97 Å². The predicted molar refractivity (Wildman–Crippen MR) is 95.5 cm³/mol. The van der Waals surface area contributed by atoms with Crippen LogP contribution < -0.4 is 5.73 Å². The molecule has 0 radical (unpaired) electrons. The minimum absolute atomic E-state index is 0.00176. The summed E-state index contributed by atoms with van der Waals surface area (Å²) in [6, 6.07) is -0.0796. The molecular formula is C21H29NO3. The number of rotatable bonds is 1. The second-order valence-electron chi connectivity index (χ2n) is 9.05. The number of nitrogens with two attached hydrogens (primary N) is 1. The second kappa shape index (κ2) is 5.54. The van der Waals surface area contributed by atoms with Gasteiger partial charge in [-0.25, -0.2) is 0 Å². The van der Waals surface area contributed by atoms with Gasteiger partial charge in [0.15, 0.2) is 5.78 Å². The minimum Gasteiger partial charge on any atom is -0.461 e. The van der Waals surface area contributed by atoms with Gasteiger partial charge in [-0.15, -0.1) is 0 Å². The molecule has 0 aromatic heterocycles. The van der Waals surface area contributed by atoms with Crippen LogP contribution in [0, 0.1) is 28.6 Å². The zero-order valence-corrected chi connectivity index (χ0v) is 15.5. The maximum atomic E-state index is 11.8. The number of ketones is 1. The molecule has 0 aromatic carbocycles. The fourth-order valence-electron chi connectivity index (χ4n) is 6.46. The van der Waals surface area contributed by atoms with Gasteiger partial charge in [0.1, 0.15) is 6.10 Å². The number of carbonyl (C=O) groups excluding carboxylic acids is 2. The molecule has 0 spiro atoms. The SMILES string of the molecule is CC(=O)O[C@@H]1C[C@H]2[C@@H]3CC=C4CC(=O)C=C[C@]4(C)[C@H]3CC[C@]2(C)[C@H]1N. The van der Waals surface area contributed by atoms with Crippen LogP contribution in [-0.2, 0) is 14.3 Å². The lowest BCUT2D eigenvalue weighted by Crippen LogP contribution is -2.52. The van der Waals surface area contributed by atoms with Crippen molar-refractivity contribution < 1.29 is 14.3 Å². The molecule has 0 heterocycles. The first-order chi connectivity index (χ1) is 11.8.